The average molecular weight is 547 g/mol. The van der Waals surface area contributed by atoms with Crippen LogP contribution in [0.5, 0.6) is 0 Å². The van der Waals surface area contributed by atoms with Gasteiger partial charge in [-0.1, -0.05) is 49.6 Å². The lowest BCUT2D eigenvalue weighted by Crippen LogP contribution is -2.46. The number of carboxylic acids is 1. The number of aliphatic carboxylic acids is 1. The van der Waals surface area contributed by atoms with E-state index < -0.39 is 23.9 Å². The second kappa shape index (κ2) is 12.0. The van der Waals surface area contributed by atoms with Crippen molar-refractivity contribution in [3.63, 3.8) is 0 Å². The van der Waals surface area contributed by atoms with Crippen molar-refractivity contribution >= 4 is 5.97 Å². The molecule has 0 unspecified atom stereocenters. The Morgan fingerprint density at radius 3 is 2.36 bits per heavy atom. The van der Waals surface area contributed by atoms with E-state index in [1.807, 2.05) is 13.0 Å². The highest BCUT2D eigenvalue weighted by Crippen LogP contribution is 2.39. The van der Waals surface area contributed by atoms with Crippen molar-refractivity contribution in [1.82, 2.24) is 19.6 Å². The maximum absolute atomic E-state index is 13.3. The van der Waals surface area contributed by atoms with Gasteiger partial charge in [0, 0.05) is 43.7 Å². The number of hydrogen-bond acceptors (Lipinski definition) is 4. The maximum atomic E-state index is 13.3. The zero-order valence-electron chi connectivity index (χ0n) is 22.8. The minimum Gasteiger partial charge on any atom is -0.480 e. The SMILES string of the molecule is CCn1nc(C(F)(F)F)cc1C1CCN(C[C@H]2CN([C@@H](C(=O)O)C3CCCCC3)C[C@@H]2c2ccccc2)CC1. The van der Waals surface area contributed by atoms with E-state index in [1.165, 1.54) is 22.7 Å². The molecule has 214 valence electrons. The topological polar surface area (TPSA) is 61.6 Å². The number of likely N-dealkylation sites (tertiary alicyclic amines) is 2. The molecule has 1 aliphatic carbocycles. The number of piperidine rings is 1. The number of carbonyl (C=O) groups is 1. The lowest BCUT2D eigenvalue weighted by molar-refractivity contribution is -0.145. The Kier molecular flexibility index (Phi) is 8.66. The van der Waals surface area contributed by atoms with E-state index in [0.29, 0.717) is 18.2 Å². The monoisotopic (exact) mass is 546 g/mol. The fraction of sp³-hybridized carbons (Fsp3) is 0.667. The van der Waals surface area contributed by atoms with E-state index in [2.05, 4.69) is 39.2 Å². The summed E-state index contributed by atoms with van der Waals surface area (Å²) in [7, 11) is 0. The molecule has 2 saturated heterocycles. The van der Waals surface area contributed by atoms with Gasteiger partial charge in [-0.15, -0.1) is 0 Å². The molecule has 1 aromatic heterocycles. The molecule has 9 heteroatoms. The van der Waals surface area contributed by atoms with Gasteiger partial charge in [-0.2, -0.15) is 18.3 Å². The second-order valence-corrected chi connectivity index (χ2v) is 11.8. The third kappa shape index (κ3) is 6.35. The molecule has 3 fully saturated rings. The van der Waals surface area contributed by atoms with Crippen LogP contribution in [-0.2, 0) is 17.5 Å². The summed E-state index contributed by atoms with van der Waals surface area (Å²) in [5.41, 5.74) is 1.15. The first kappa shape index (κ1) is 28.1. The second-order valence-electron chi connectivity index (χ2n) is 11.8. The van der Waals surface area contributed by atoms with Crippen molar-refractivity contribution in [1.29, 1.82) is 0 Å². The molecule has 0 amide bonds. The number of hydrogen-bond donors (Lipinski definition) is 1. The number of rotatable bonds is 8. The van der Waals surface area contributed by atoms with Crippen molar-refractivity contribution in [3.05, 3.63) is 53.3 Å². The van der Waals surface area contributed by atoms with Gasteiger partial charge in [-0.25, -0.2) is 0 Å². The van der Waals surface area contributed by atoms with Gasteiger partial charge < -0.3 is 10.0 Å². The van der Waals surface area contributed by atoms with Crippen LogP contribution in [0.1, 0.15) is 80.7 Å². The minimum atomic E-state index is -4.43. The van der Waals surface area contributed by atoms with Gasteiger partial charge in [0.1, 0.15) is 6.04 Å². The van der Waals surface area contributed by atoms with Gasteiger partial charge in [-0.05, 0) is 69.2 Å². The first-order valence-electron chi connectivity index (χ1n) is 14.6. The Labute approximate surface area is 229 Å². The van der Waals surface area contributed by atoms with Gasteiger partial charge in [0.25, 0.3) is 0 Å². The first-order chi connectivity index (χ1) is 18.7. The highest BCUT2D eigenvalue weighted by atomic mass is 19.4. The smallest absolute Gasteiger partial charge is 0.435 e. The van der Waals surface area contributed by atoms with Gasteiger partial charge in [0.15, 0.2) is 5.69 Å². The standard InChI is InChI=1S/C30H41F3N4O2/c1-2-37-26(17-27(34-37)30(31,32)33)22-13-15-35(16-14-22)18-24-19-36(20-25(24)21-9-5-3-6-10-21)28(29(38)39)23-11-7-4-8-12-23/h3,5-6,9-10,17,22-25,28H,2,4,7-8,11-16,18-20H2,1H3,(H,38,39)/t24-,25+,28+/m0/s1. The first-order valence-corrected chi connectivity index (χ1v) is 14.6. The summed E-state index contributed by atoms with van der Waals surface area (Å²) in [5, 5.41) is 14.1. The molecule has 39 heavy (non-hydrogen) atoms. The summed E-state index contributed by atoms with van der Waals surface area (Å²) in [6.07, 6.45) is 2.59. The highest BCUT2D eigenvalue weighted by Gasteiger charge is 2.43. The normalized spacial score (nSPS) is 25.2. The Bertz CT molecular complexity index is 1090. The summed E-state index contributed by atoms with van der Waals surface area (Å²) >= 11 is 0. The van der Waals surface area contributed by atoms with E-state index in [0.717, 1.165) is 71.2 Å². The molecule has 3 aliphatic rings. The molecule has 1 N–H and O–H groups in total. The van der Waals surface area contributed by atoms with Gasteiger partial charge >= 0.3 is 12.1 Å². The molecule has 6 nitrogen and oxygen atoms in total. The van der Waals surface area contributed by atoms with Crippen LogP contribution >= 0.6 is 0 Å². The van der Waals surface area contributed by atoms with Crippen LogP contribution in [0.25, 0.3) is 0 Å². The van der Waals surface area contributed by atoms with Crippen molar-refractivity contribution in [2.45, 2.75) is 82.5 Å². The predicted octanol–water partition coefficient (Wildman–Crippen LogP) is 5.85. The molecule has 0 bridgehead atoms. The molecule has 1 saturated carbocycles. The molecule has 1 aromatic carbocycles. The Morgan fingerprint density at radius 1 is 1.05 bits per heavy atom. The fourth-order valence-electron chi connectivity index (χ4n) is 7.40. The maximum Gasteiger partial charge on any atom is 0.435 e. The zero-order valence-corrected chi connectivity index (χ0v) is 22.8. The van der Waals surface area contributed by atoms with Crippen LogP contribution in [0.4, 0.5) is 13.2 Å². The third-order valence-corrected chi connectivity index (χ3v) is 9.34. The summed E-state index contributed by atoms with van der Waals surface area (Å²) < 4.78 is 41.4. The fourth-order valence-corrected chi connectivity index (χ4v) is 7.40. The number of aryl methyl sites for hydroxylation is 1. The molecule has 5 rings (SSSR count). The van der Waals surface area contributed by atoms with Crippen LogP contribution in [0.2, 0.25) is 0 Å². The Morgan fingerprint density at radius 2 is 1.74 bits per heavy atom. The molecule has 0 radical (unpaired) electrons. The average Bonchev–Trinajstić information content (AvgIpc) is 3.55. The van der Waals surface area contributed by atoms with E-state index in [9.17, 15) is 23.1 Å². The van der Waals surface area contributed by atoms with Crippen LogP contribution in [0, 0.1) is 11.8 Å². The molecule has 3 heterocycles. The number of alkyl halides is 3. The van der Waals surface area contributed by atoms with Gasteiger partial charge in [0.05, 0.1) is 0 Å². The van der Waals surface area contributed by atoms with Crippen LogP contribution in [0.3, 0.4) is 0 Å². The summed E-state index contributed by atoms with van der Waals surface area (Å²) in [4.78, 5) is 17.2. The molecule has 2 aromatic rings. The van der Waals surface area contributed by atoms with Crippen LogP contribution in [0.15, 0.2) is 36.4 Å². The van der Waals surface area contributed by atoms with Crippen molar-refractivity contribution in [3.8, 4) is 0 Å². The predicted molar refractivity (Wildman–Crippen MR) is 144 cm³/mol. The molecule has 2 aliphatic heterocycles. The van der Waals surface area contributed by atoms with Gasteiger partial charge in [0.2, 0.25) is 0 Å². The Hall–Kier alpha value is -2.39. The lowest BCUT2D eigenvalue weighted by Gasteiger charge is -2.35. The number of benzene rings is 1. The number of nitrogens with zero attached hydrogens (tertiary/aromatic N) is 4. The molecule has 3 atom stereocenters. The zero-order chi connectivity index (χ0) is 27.6. The van der Waals surface area contributed by atoms with Crippen molar-refractivity contribution < 1.29 is 23.1 Å². The highest BCUT2D eigenvalue weighted by molar-refractivity contribution is 5.74. The van der Waals surface area contributed by atoms with Crippen molar-refractivity contribution in [2.24, 2.45) is 11.8 Å². The summed E-state index contributed by atoms with van der Waals surface area (Å²) in [5.74, 6) is 0.170. The largest absolute Gasteiger partial charge is 0.480 e. The minimum absolute atomic E-state index is 0.0671. The van der Waals surface area contributed by atoms with Crippen molar-refractivity contribution in [2.75, 3.05) is 32.7 Å². The lowest BCUT2D eigenvalue weighted by atomic mass is 9.83. The van der Waals surface area contributed by atoms with E-state index in [4.69, 9.17) is 0 Å². The van der Waals surface area contributed by atoms with E-state index in [-0.39, 0.29) is 17.8 Å². The number of carboxylic acid groups (broad SMARTS) is 1. The van der Waals surface area contributed by atoms with Crippen LogP contribution < -0.4 is 0 Å². The molecular formula is C30H41F3N4O2. The summed E-state index contributed by atoms with van der Waals surface area (Å²) in [6.45, 7) is 6.31. The quantitative estimate of drug-likeness (QED) is 0.450. The Balaban J connectivity index is 1.27. The van der Waals surface area contributed by atoms with Crippen LogP contribution in [-0.4, -0.2) is 69.4 Å². The van der Waals surface area contributed by atoms with E-state index >= 15 is 0 Å². The van der Waals surface area contributed by atoms with Gasteiger partial charge in [-0.3, -0.25) is 14.4 Å². The third-order valence-electron chi connectivity index (χ3n) is 9.34. The van der Waals surface area contributed by atoms with E-state index in [1.54, 1.807) is 0 Å². The molecular weight excluding hydrogens is 505 g/mol. The number of aromatic nitrogens is 2. The number of halogens is 3. The molecule has 0 spiro atoms. The summed E-state index contributed by atoms with van der Waals surface area (Å²) in [6, 6.07) is 11.3.